The molecule has 0 aliphatic heterocycles. The first kappa shape index (κ1) is 14.7. The average molecular weight is 373 g/mol. The van der Waals surface area contributed by atoms with Crippen LogP contribution >= 0.6 is 11.3 Å². The third kappa shape index (κ3) is 1.81. The Kier molecular flexibility index (Phi) is 2.68. The van der Waals surface area contributed by atoms with Crippen LogP contribution in [0.25, 0.3) is 63.5 Å². The molecular weight excluding hydrogens is 358 g/mol. The Labute approximate surface area is 164 Å². The van der Waals surface area contributed by atoms with E-state index < -0.39 is 0 Å². The van der Waals surface area contributed by atoms with Crippen LogP contribution in [0.2, 0.25) is 0 Å². The standard InChI is InChI=1S/C26H15NS/c1-3-7-17-15(5-1)9-11-21-25(17)19-13-20-24(14-22(19)27-21)28-23-12-10-16-6-2-4-8-18(16)26(20)23/h1-14,27H. The van der Waals surface area contributed by atoms with E-state index in [1.165, 1.54) is 63.5 Å². The minimum Gasteiger partial charge on any atom is -0.354 e. The van der Waals surface area contributed by atoms with Crippen molar-refractivity contribution < 1.29 is 0 Å². The average Bonchev–Trinajstić information content (AvgIpc) is 3.29. The second kappa shape index (κ2) is 5.12. The Bertz CT molecular complexity index is 1590. The highest BCUT2D eigenvalue weighted by Gasteiger charge is 2.13. The number of thiophene rings is 1. The Morgan fingerprint density at radius 1 is 0.500 bits per heavy atom. The number of nitrogens with one attached hydrogen (secondary N) is 1. The van der Waals surface area contributed by atoms with Gasteiger partial charge in [-0.3, -0.25) is 0 Å². The van der Waals surface area contributed by atoms with E-state index in [0.717, 1.165) is 0 Å². The molecule has 0 saturated heterocycles. The number of fused-ring (bicyclic) bond motifs is 10. The summed E-state index contributed by atoms with van der Waals surface area (Å²) in [6.07, 6.45) is 0. The summed E-state index contributed by atoms with van der Waals surface area (Å²) in [6.45, 7) is 0. The summed E-state index contributed by atoms with van der Waals surface area (Å²) in [7, 11) is 0. The summed E-state index contributed by atoms with van der Waals surface area (Å²) in [6, 6.07) is 31.0. The van der Waals surface area contributed by atoms with Crippen LogP contribution in [0.15, 0.2) is 84.9 Å². The summed E-state index contributed by atoms with van der Waals surface area (Å²) in [4.78, 5) is 3.65. The van der Waals surface area contributed by atoms with Crippen LogP contribution in [0.5, 0.6) is 0 Å². The van der Waals surface area contributed by atoms with Crippen LogP contribution in [0.1, 0.15) is 0 Å². The maximum absolute atomic E-state index is 3.65. The quantitative estimate of drug-likeness (QED) is 0.277. The van der Waals surface area contributed by atoms with E-state index in [0.29, 0.717) is 0 Å². The summed E-state index contributed by atoms with van der Waals surface area (Å²) in [5.41, 5.74) is 2.43. The maximum Gasteiger partial charge on any atom is 0.0479 e. The van der Waals surface area contributed by atoms with E-state index in [1.54, 1.807) is 0 Å². The van der Waals surface area contributed by atoms with Crippen molar-refractivity contribution in [3.63, 3.8) is 0 Å². The molecule has 130 valence electrons. The van der Waals surface area contributed by atoms with Crippen molar-refractivity contribution in [3.05, 3.63) is 84.9 Å². The van der Waals surface area contributed by atoms with E-state index >= 15 is 0 Å². The summed E-state index contributed by atoms with van der Waals surface area (Å²) in [5.74, 6) is 0. The molecule has 0 atom stereocenters. The van der Waals surface area contributed by atoms with Gasteiger partial charge in [-0.05, 0) is 45.8 Å². The van der Waals surface area contributed by atoms with Crippen molar-refractivity contribution in [1.29, 1.82) is 0 Å². The van der Waals surface area contributed by atoms with Crippen LogP contribution in [-0.4, -0.2) is 4.98 Å². The molecule has 1 N–H and O–H groups in total. The molecule has 0 aliphatic carbocycles. The van der Waals surface area contributed by atoms with E-state index in [4.69, 9.17) is 0 Å². The molecular formula is C26H15NS. The van der Waals surface area contributed by atoms with Crippen LogP contribution in [0.3, 0.4) is 0 Å². The van der Waals surface area contributed by atoms with Gasteiger partial charge < -0.3 is 4.98 Å². The fourth-order valence-electron chi connectivity index (χ4n) is 4.71. The van der Waals surface area contributed by atoms with Gasteiger partial charge in [0.1, 0.15) is 0 Å². The van der Waals surface area contributed by atoms with Crippen molar-refractivity contribution in [2.75, 3.05) is 0 Å². The molecule has 1 nitrogen and oxygen atoms in total. The number of H-pyrrole nitrogens is 1. The summed E-state index contributed by atoms with van der Waals surface area (Å²) < 4.78 is 2.70. The number of rotatable bonds is 0. The molecule has 0 amide bonds. The van der Waals surface area contributed by atoms with Gasteiger partial charge in [0, 0.05) is 42.0 Å². The Balaban J connectivity index is 1.74. The minimum absolute atomic E-state index is 1.21. The molecule has 0 radical (unpaired) electrons. The molecule has 2 heterocycles. The maximum atomic E-state index is 3.65. The predicted octanol–water partition coefficient (Wildman–Crippen LogP) is 8.00. The Morgan fingerprint density at radius 3 is 2.04 bits per heavy atom. The lowest BCUT2D eigenvalue weighted by atomic mass is 10.0. The lowest BCUT2D eigenvalue weighted by Crippen LogP contribution is -1.75. The highest BCUT2D eigenvalue weighted by atomic mass is 32.1. The van der Waals surface area contributed by atoms with E-state index in [1.807, 2.05) is 11.3 Å². The first-order valence-corrected chi connectivity index (χ1v) is 10.4. The predicted molar refractivity (Wildman–Crippen MR) is 124 cm³/mol. The second-order valence-corrected chi connectivity index (χ2v) is 8.57. The van der Waals surface area contributed by atoms with E-state index in [9.17, 15) is 0 Å². The van der Waals surface area contributed by atoms with Crippen molar-refractivity contribution >= 4 is 74.9 Å². The van der Waals surface area contributed by atoms with Crippen molar-refractivity contribution in [3.8, 4) is 0 Å². The molecule has 0 spiro atoms. The number of aromatic nitrogens is 1. The Hall–Kier alpha value is -3.36. The molecule has 0 aliphatic rings. The molecule has 7 aromatic rings. The van der Waals surface area contributed by atoms with Crippen LogP contribution in [0.4, 0.5) is 0 Å². The monoisotopic (exact) mass is 373 g/mol. The zero-order valence-electron chi connectivity index (χ0n) is 15.0. The highest BCUT2D eigenvalue weighted by molar-refractivity contribution is 7.26. The molecule has 7 rings (SSSR count). The van der Waals surface area contributed by atoms with Crippen molar-refractivity contribution in [2.24, 2.45) is 0 Å². The zero-order valence-corrected chi connectivity index (χ0v) is 15.8. The van der Waals surface area contributed by atoms with Gasteiger partial charge in [-0.2, -0.15) is 0 Å². The van der Waals surface area contributed by atoms with Crippen LogP contribution < -0.4 is 0 Å². The fourth-order valence-corrected chi connectivity index (χ4v) is 5.86. The smallest absolute Gasteiger partial charge is 0.0479 e. The summed E-state index contributed by atoms with van der Waals surface area (Å²) in [5, 5.41) is 10.6. The van der Waals surface area contributed by atoms with Crippen molar-refractivity contribution in [1.82, 2.24) is 4.98 Å². The van der Waals surface area contributed by atoms with Gasteiger partial charge in [-0.15, -0.1) is 11.3 Å². The first-order valence-electron chi connectivity index (χ1n) is 9.54. The van der Waals surface area contributed by atoms with E-state index in [-0.39, 0.29) is 0 Å². The first-order chi connectivity index (χ1) is 13.9. The van der Waals surface area contributed by atoms with Gasteiger partial charge >= 0.3 is 0 Å². The molecule has 2 aromatic heterocycles. The number of hydrogen-bond donors (Lipinski definition) is 1. The largest absolute Gasteiger partial charge is 0.354 e. The van der Waals surface area contributed by atoms with Gasteiger partial charge in [-0.1, -0.05) is 60.7 Å². The molecule has 28 heavy (non-hydrogen) atoms. The molecule has 0 unspecified atom stereocenters. The fraction of sp³-hybridized carbons (Fsp3) is 0. The number of hydrogen-bond acceptors (Lipinski definition) is 1. The van der Waals surface area contributed by atoms with Crippen LogP contribution in [-0.2, 0) is 0 Å². The lowest BCUT2D eigenvalue weighted by molar-refractivity contribution is 1.56. The van der Waals surface area contributed by atoms with Crippen molar-refractivity contribution in [2.45, 2.75) is 0 Å². The summed E-state index contributed by atoms with van der Waals surface area (Å²) >= 11 is 1.88. The molecule has 5 aromatic carbocycles. The number of benzene rings is 5. The van der Waals surface area contributed by atoms with Gasteiger partial charge in [0.05, 0.1) is 0 Å². The topological polar surface area (TPSA) is 15.8 Å². The minimum atomic E-state index is 1.21. The number of aromatic amines is 1. The van der Waals surface area contributed by atoms with Gasteiger partial charge in [0.25, 0.3) is 0 Å². The molecule has 2 heteroatoms. The van der Waals surface area contributed by atoms with E-state index in [2.05, 4.69) is 89.9 Å². The SMILES string of the molecule is c1ccc2c(c1)ccc1[nH]c3cc4sc5ccc6ccccc6c5c4cc3c12. The third-order valence-corrected chi connectivity index (χ3v) is 7.09. The lowest BCUT2D eigenvalue weighted by Gasteiger charge is -2.02. The van der Waals surface area contributed by atoms with Gasteiger partial charge in [-0.25, -0.2) is 0 Å². The second-order valence-electron chi connectivity index (χ2n) is 7.49. The third-order valence-electron chi connectivity index (χ3n) is 5.97. The van der Waals surface area contributed by atoms with Gasteiger partial charge in [0.2, 0.25) is 0 Å². The molecule has 0 saturated carbocycles. The van der Waals surface area contributed by atoms with Crippen LogP contribution in [0, 0.1) is 0 Å². The normalized spacial score (nSPS) is 12.3. The molecule has 0 fully saturated rings. The zero-order chi connectivity index (χ0) is 18.2. The Morgan fingerprint density at radius 2 is 1.21 bits per heavy atom. The van der Waals surface area contributed by atoms with Gasteiger partial charge in [0.15, 0.2) is 0 Å². The molecule has 0 bridgehead atoms. The highest BCUT2D eigenvalue weighted by Crippen LogP contribution is 2.42.